The van der Waals surface area contributed by atoms with Crippen molar-refractivity contribution in [1.82, 2.24) is 14.1 Å². The molecular weight excluding hydrogens is 940 g/mol. The second-order valence-corrected chi connectivity index (χ2v) is 17.8. The molecule has 0 unspecified atom stereocenters. The summed E-state index contributed by atoms with van der Waals surface area (Å²) in [6.07, 6.45) is 7.23. The summed E-state index contributed by atoms with van der Waals surface area (Å²) in [5, 5.41) is 1.95. The van der Waals surface area contributed by atoms with Crippen molar-refractivity contribution in [2.45, 2.75) is 72.6 Å². The van der Waals surface area contributed by atoms with Gasteiger partial charge in [-0.2, -0.15) is 18.2 Å². The van der Waals surface area contributed by atoms with Crippen LogP contribution < -0.4 is 9.30 Å². The van der Waals surface area contributed by atoms with E-state index < -0.39 is 24.5 Å². The Bertz CT molecular complexity index is 3370. The van der Waals surface area contributed by atoms with Gasteiger partial charge >= 0.3 is 0 Å². The quantitative estimate of drug-likeness (QED) is 0.107. The van der Waals surface area contributed by atoms with Crippen LogP contribution in [0.25, 0.3) is 61.3 Å². The zero-order valence-electron chi connectivity index (χ0n) is 43.1. The van der Waals surface area contributed by atoms with Crippen LogP contribution in [0.5, 0.6) is 11.5 Å². The van der Waals surface area contributed by atoms with Crippen LogP contribution in [0, 0.1) is 24.4 Å². The van der Waals surface area contributed by atoms with Crippen LogP contribution in [-0.2, 0) is 38.3 Å². The van der Waals surface area contributed by atoms with Crippen LogP contribution in [0.15, 0.2) is 152 Å². The van der Waals surface area contributed by atoms with Crippen LogP contribution in [0.1, 0.15) is 81.7 Å². The second-order valence-electron chi connectivity index (χ2n) is 17.8. The van der Waals surface area contributed by atoms with Crippen molar-refractivity contribution >= 4 is 21.8 Å². The number of ether oxygens (including phenoxy) is 1. The molecule has 0 N–H and O–H groups in total. The molecule has 9 rings (SSSR count). The van der Waals surface area contributed by atoms with Gasteiger partial charge in [0.25, 0.3) is 6.33 Å². The summed E-state index contributed by atoms with van der Waals surface area (Å²) in [4.78, 5) is 4.71. The normalized spacial score (nSPS) is 13.8. The fourth-order valence-corrected chi connectivity index (χ4v) is 7.74. The number of rotatable bonds is 9. The fourth-order valence-electron chi connectivity index (χ4n) is 7.74. The van der Waals surface area contributed by atoms with Gasteiger partial charge in [0.1, 0.15) is 5.82 Å². The van der Waals surface area contributed by atoms with Gasteiger partial charge in [-0.15, -0.1) is 29.7 Å². The average molecular weight is 999 g/mol. The Morgan fingerprint density at radius 3 is 2.16 bits per heavy atom. The van der Waals surface area contributed by atoms with Gasteiger partial charge in [-0.05, 0) is 91.3 Å². The largest absolute Gasteiger partial charge is 0.510 e. The minimum Gasteiger partial charge on any atom is -0.510 e. The molecule has 9 aromatic rings. The first kappa shape index (κ1) is 34.5. The van der Waals surface area contributed by atoms with E-state index in [1.165, 1.54) is 0 Å². The van der Waals surface area contributed by atoms with Crippen molar-refractivity contribution in [2.75, 3.05) is 0 Å². The molecule has 0 radical (unpaired) electrons. The second kappa shape index (κ2) is 17.0. The Morgan fingerprint density at radius 1 is 0.742 bits per heavy atom. The standard InChI is InChI=1S/C56H52N4O.Pt/c1-38(2)30-39-26-27-57-53(31-39)60-51-23-13-12-20-49(51)50-25-24-46(36-52(50)60)61-45-19-14-18-44(35-45)58-28-29-59(37-58)54-47(40-16-10-9-11-17-40)21-15-22-48(54)41-32-42(55(3,4)5)34-43(33-41)56(6,7)8;/h9-29,31-34,38H,30H2,1-8H3;/q-2;/i9D,10D,11D,16D,17D,30D2;. The molecular formula is C56H52N4OPt-2. The Hall–Kier alpha value is -6.03. The minimum atomic E-state index is -1.56. The van der Waals surface area contributed by atoms with E-state index in [0.29, 0.717) is 39.8 Å². The van der Waals surface area contributed by atoms with E-state index in [-0.39, 0.29) is 55.5 Å². The van der Waals surface area contributed by atoms with Gasteiger partial charge < -0.3 is 13.9 Å². The number of aromatic nitrogens is 4. The smallest absolute Gasteiger partial charge is 0.267 e. The zero-order valence-corrected chi connectivity index (χ0v) is 38.4. The molecule has 3 heterocycles. The van der Waals surface area contributed by atoms with Gasteiger partial charge in [-0.1, -0.05) is 146 Å². The molecule has 0 aliphatic heterocycles. The van der Waals surface area contributed by atoms with E-state index in [0.717, 1.165) is 44.1 Å². The van der Waals surface area contributed by atoms with Gasteiger partial charge in [0.15, 0.2) is 0 Å². The first-order valence-electron chi connectivity index (χ1n) is 24.2. The summed E-state index contributed by atoms with van der Waals surface area (Å²) in [6.45, 7) is 16.8. The Labute approximate surface area is 390 Å². The zero-order chi connectivity index (χ0) is 48.6. The summed E-state index contributed by atoms with van der Waals surface area (Å²) in [7, 11) is 0. The van der Waals surface area contributed by atoms with Crippen molar-refractivity contribution in [3.8, 4) is 50.9 Å². The van der Waals surface area contributed by atoms with E-state index in [9.17, 15) is 0 Å². The Balaban J connectivity index is 0.00000642. The topological polar surface area (TPSA) is 35.9 Å². The Morgan fingerprint density at radius 2 is 1.44 bits per heavy atom. The molecule has 0 bridgehead atoms. The van der Waals surface area contributed by atoms with E-state index in [1.807, 2.05) is 102 Å². The number of nitrogens with zero attached hydrogens (tertiary/aromatic N) is 4. The third kappa shape index (κ3) is 8.56. The van der Waals surface area contributed by atoms with Crippen molar-refractivity contribution in [3.05, 3.63) is 187 Å². The first-order valence-corrected chi connectivity index (χ1v) is 20.7. The molecule has 0 amide bonds. The summed E-state index contributed by atoms with van der Waals surface area (Å²) >= 11 is 0. The maximum atomic E-state index is 9.03. The molecule has 5 nitrogen and oxygen atoms in total. The van der Waals surface area contributed by atoms with Crippen molar-refractivity contribution < 1.29 is 40.0 Å². The van der Waals surface area contributed by atoms with Crippen molar-refractivity contribution in [2.24, 2.45) is 5.92 Å². The number of fused-ring (bicyclic) bond motifs is 3. The molecule has 0 saturated heterocycles. The first-order chi connectivity index (χ1) is 32.1. The van der Waals surface area contributed by atoms with Gasteiger partial charge in [0.05, 0.1) is 12.5 Å². The van der Waals surface area contributed by atoms with Crippen LogP contribution >= 0.6 is 0 Å². The van der Waals surface area contributed by atoms with Crippen molar-refractivity contribution in [1.29, 1.82) is 0 Å². The molecule has 0 fully saturated rings. The summed E-state index contributed by atoms with van der Waals surface area (Å²) < 4.78 is 73.2. The van der Waals surface area contributed by atoms with E-state index in [1.54, 1.807) is 22.9 Å². The van der Waals surface area contributed by atoms with Gasteiger partial charge in [-0.25, -0.2) is 4.98 Å². The number of pyridine rings is 1. The third-order valence-corrected chi connectivity index (χ3v) is 10.8. The van der Waals surface area contributed by atoms with Gasteiger partial charge in [-0.3, -0.25) is 4.57 Å². The number of benzene rings is 6. The fraction of sp³-hybridized carbons (Fsp3) is 0.214. The molecule has 0 aliphatic rings. The number of hydrogen-bond acceptors (Lipinski definition) is 2. The predicted octanol–water partition coefficient (Wildman–Crippen LogP) is 13.6. The SMILES string of the molecule is [2H]c1c([2H])c([2H])c(-c2cccc(-c3cc(C(C)(C)C)cc(C(C)(C)C)c3)c2-[n+]2[c-]n(-c3[c-]c(Oc4[c-]c5c(cc4)c4ccccc4n5-c4cc(C([2H])([2H])C(C)C)ccn4)ccc3)cc2)c([2H])c1[2H].[Pt]. The van der Waals surface area contributed by atoms with Crippen LogP contribution in [-0.4, -0.2) is 14.1 Å². The molecule has 62 heavy (non-hydrogen) atoms. The number of imidazole rings is 1. The molecule has 0 atom stereocenters. The molecule has 0 spiro atoms. The van der Waals surface area contributed by atoms with Crippen LogP contribution in [0.3, 0.4) is 0 Å². The molecule has 0 aliphatic carbocycles. The van der Waals surface area contributed by atoms with E-state index in [4.69, 9.17) is 19.3 Å². The monoisotopic (exact) mass is 998 g/mol. The number of hydrogen-bond donors (Lipinski definition) is 0. The minimum absolute atomic E-state index is 0. The van der Waals surface area contributed by atoms with E-state index in [2.05, 4.69) is 84.3 Å². The van der Waals surface area contributed by atoms with E-state index >= 15 is 0 Å². The maximum Gasteiger partial charge on any atom is 0.267 e. The molecule has 6 heteroatoms. The maximum absolute atomic E-state index is 9.03. The Kier molecular flexibility index (Phi) is 9.49. The molecule has 6 aromatic carbocycles. The summed E-state index contributed by atoms with van der Waals surface area (Å²) in [6, 6.07) is 38.3. The average Bonchev–Trinajstić information content (AvgIpc) is 3.93. The van der Waals surface area contributed by atoms with Gasteiger partial charge in [0, 0.05) is 59.4 Å². The van der Waals surface area contributed by atoms with Gasteiger partial charge in [0.2, 0.25) is 0 Å². The molecule has 3 aromatic heterocycles. The van der Waals surface area contributed by atoms with Crippen LogP contribution in [0.2, 0.25) is 0 Å². The van der Waals surface area contributed by atoms with Crippen molar-refractivity contribution in [3.63, 3.8) is 0 Å². The summed E-state index contributed by atoms with van der Waals surface area (Å²) in [5.41, 5.74) is 7.61. The predicted molar refractivity (Wildman–Crippen MR) is 249 cm³/mol. The summed E-state index contributed by atoms with van der Waals surface area (Å²) in [5.74, 6) is 1.20. The molecule has 0 saturated carbocycles. The van der Waals surface area contributed by atoms with Crippen LogP contribution in [0.4, 0.5) is 0 Å². The molecule has 314 valence electrons. The number of para-hydroxylation sites is 2. The third-order valence-electron chi connectivity index (χ3n) is 10.8.